The fourth-order valence-corrected chi connectivity index (χ4v) is 4.58. The van der Waals surface area contributed by atoms with Crippen LogP contribution in [0.2, 0.25) is 0 Å². The van der Waals surface area contributed by atoms with Crippen LogP contribution in [0.15, 0.2) is 41.4 Å². The van der Waals surface area contributed by atoms with Crippen molar-refractivity contribution in [2.75, 3.05) is 0 Å². The van der Waals surface area contributed by atoms with Gasteiger partial charge in [-0.1, -0.05) is 23.3 Å². The SMILES string of the molecule is C#CCn1c(=NC(=O)c2ccc3c(c2)CCCC3)sc2cc([N+](=O)[O-])ccc21. The van der Waals surface area contributed by atoms with E-state index in [0.29, 0.717) is 15.1 Å². The molecule has 0 spiro atoms. The fraction of sp³-hybridized carbons (Fsp3) is 0.238. The number of amides is 1. The Hall–Kier alpha value is -3.24. The van der Waals surface area contributed by atoms with Crippen molar-refractivity contribution in [3.63, 3.8) is 0 Å². The average Bonchev–Trinajstić information content (AvgIpc) is 3.04. The first-order valence-corrected chi connectivity index (χ1v) is 9.80. The molecule has 1 aromatic heterocycles. The van der Waals surface area contributed by atoms with Crippen LogP contribution in [-0.4, -0.2) is 15.4 Å². The van der Waals surface area contributed by atoms with Gasteiger partial charge in [0.05, 0.1) is 21.7 Å². The van der Waals surface area contributed by atoms with Crippen molar-refractivity contribution in [2.45, 2.75) is 32.2 Å². The van der Waals surface area contributed by atoms with Gasteiger partial charge in [-0.2, -0.15) is 4.99 Å². The molecule has 1 amide bonds. The van der Waals surface area contributed by atoms with Crippen LogP contribution in [0.25, 0.3) is 10.2 Å². The summed E-state index contributed by atoms with van der Waals surface area (Å²) in [5.74, 6) is 2.23. The Balaban J connectivity index is 1.79. The van der Waals surface area contributed by atoms with E-state index in [1.165, 1.54) is 41.0 Å². The predicted octanol–water partition coefficient (Wildman–Crippen LogP) is 3.86. The first-order valence-electron chi connectivity index (χ1n) is 8.99. The van der Waals surface area contributed by atoms with Gasteiger partial charge in [0.1, 0.15) is 0 Å². The molecule has 0 fully saturated rings. The highest BCUT2D eigenvalue weighted by Gasteiger charge is 2.15. The number of thiazole rings is 1. The van der Waals surface area contributed by atoms with Gasteiger partial charge in [-0.05, 0) is 55.0 Å². The first-order chi connectivity index (χ1) is 13.6. The zero-order valence-electron chi connectivity index (χ0n) is 15.1. The predicted molar refractivity (Wildman–Crippen MR) is 108 cm³/mol. The summed E-state index contributed by atoms with van der Waals surface area (Å²) in [6.07, 6.45) is 9.84. The fourth-order valence-electron chi connectivity index (χ4n) is 3.52. The topological polar surface area (TPSA) is 77.5 Å². The third kappa shape index (κ3) is 3.35. The van der Waals surface area contributed by atoms with E-state index in [9.17, 15) is 14.9 Å². The second-order valence-corrected chi connectivity index (χ2v) is 7.70. The van der Waals surface area contributed by atoms with Gasteiger partial charge in [0, 0.05) is 17.7 Å². The molecular weight excluding hydrogens is 374 g/mol. The molecular formula is C21H17N3O3S. The van der Waals surface area contributed by atoms with Gasteiger partial charge in [0.25, 0.3) is 11.6 Å². The number of aryl methyl sites for hydroxylation is 2. The summed E-state index contributed by atoms with van der Waals surface area (Å²) in [5.41, 5.74) is 3.80. The summed E-state index contributed by atoms with van der Waals surface area (Å²) in [6, 6.07) is 10.3. The van der Waals surface area contributed by atoms with Crippen LogP contribution in [0, 0.1) is 22.5 Å². The van der Waals surface area contributed by atoms with Crippen LogP contribution in [0.4, 0.5) is 5.69 Å². The largest absolute Gasteiger partial charge is 0.305 e. The number of hydrogen-bond donors (Lipinski definition) is 0. The summed E-state index contributed by atoms with van der Waals surface area (Å²) in [4.78, 5) is 28.1. The van der Waals surface area contributed by atoms with Crippen molar-refractivity contribution in [3.05, 3.63) is 68.0 Å². The maximum Gasteiger partial charge on any atom is 0.279 e. The lowest BCUT2D eigenvalue weighted by molar-refractivity contribution is -0.384. The molecule has 1 heterocycles. The second kappa shape index (κ2) is 7.41. The van der Waals surface area contributed by atoms with E-state index in [4.69, 9.17) is 6.42 Å². The number of nitro benzene ring substituents is 1. The number of benzene rings is 2. The third-order valence-electron chi connectivity index (χ3n) is 4.92. The first kappa shape index (κ1) is 18.1. The van der Waals surface area contributed by atoms with Crippen molar-refractivity contribution in [3.8, 4) is 12.3 Å². The van der Waals surface area contributed by atoms with E-state index >= 15 is 0 Å². The minimum atomic E-state index is -0.445. The Morgan fingerprint density at radius 3 is 2.75 bits per heavy atom. The molecule has 0 atom stereocenters. The average molecular weight is 391 g/mol. The maximum atomic E-state index is 12.8. The van der Waals surface area contributed by atoms with Crippen molar-refractivity contribution in [1.82, 2.24) is 4.57 Å². The van der Waals surface area contributed by atoms with E-state index < -0.39 is 4.92 Å². The molecule has 28 heavy (non-hydrogen) atoms. The molecule has 7 heteroatoms. The number of terminal acetylenes is 1. The van der Waals surface area contributed by atoms with E-state index in [-0.39, 0.29) is 18.1 Å². The quantitative estimate of drug-likeness (QED) is 0.386. The van der Waals surface area contributed by atoms with Gasteiger partial charge in [0.2, 0.25) is 0 Å². The zero-order chi connectivity index (χ0) is 19.7. The molecule has 1 aliphatic rings. The van der Waals surface area contributed by atoms with E-state index in [2.05, 4.69) is 10.9 Å². The summed E-state index contributed by atoms with van der Waals surface area (Å²) < 4.78 is 2.40. The lowest BCUT2D eigenvalue weighted by atomic mass is 9.90. The normalized spacial score (nSPS) is 13.9. The van der Waals surface area contributed by atoms with E-state index in [1.54, 1.807) is 10.6 Å². The van der Waals surface area contributed by atoms with Crippen LogP contribution in [0.1, 0.15) is 34.3 Å². The molecule has 1 aliphatic carbocycles. The number of carbonyl (C=O) groups excluding carboxylic acids is 1. The lowest BCUT2D eigenvalue weighted by Gasteiger charge is -2.15. The molecule has 0 unspecified atom stereocenters. The molecule has 0 bridgehead atoms. The van der Waals surface area contributed by atoms with Crippen LogP contribution in [0.5, 0.6) is 0 Å². The highest BCUT2D eigenvalue weighted by atomic mass is 32.1. The smallest absolute Gasteiger partial charge is 0.279 e. The molecule has 0 saturated heterocycles. The van der Waals surface area contributed by atoms with Crippen LogP contribution in [0.3, 0.4) is 0 Å². The summed E-state index contributed by atoms with van der Waals surface area (Å²) in [6.45, 7) is 0.230. The Kier molecular flexibility index (Phi) is 4.80. The van der Waals surface area contributed by atoms with E-state index in [0.717, 1.165) is 24.8 Å². The summed E-state index contributed by atoms with van der Waals surface area (Å²) in [5, 5.41) is 11.0. The molecule has 3 aromatic rings. The second-order valence-electron chi connectivity index (χ2n) is 6.69. The highest BCUT2D eigenvalue weighted by molar-refractivity contribution is 7.16. The molecule has 0 aliphatic heterocycles. The van der Waals surface area contributed by atoms with Gasteiger partial charge < -0.3 is 4.57 Å². The molecule has 0 saturated carbocycles. The monoisotopic (exact) mass is 391 g/mol. The Labute approximate surface area is 165 Å². The molecule has 4 rings (SSSR count). The summed E-state index contributed by atoms with van der Waals surface area (Å²) in [7, 11) is 0. The zero-order valence-corrected chi connectivity index (χ0v) is 15.9. The van der Waals surface area contributed by atoms with Crippen LogP contribution < -0.4 is 4.80 Å². The Morgan fingerprint density at radius 2 is 2.00 bits per heavy atom. The van der Waals surface area contributed by atoms with Crippen LogP contribution >= 0.6 is 11.3 Å². The molecule has 140 valence electrons. The van der Waals surface area contributed by atoms with Gasteiger partial charge in [-0.25, -0.2) is 0 Å². The number of nitrogens with zero attached hydrogens (tertiary/aromatic N) is 3. The summed E-state index contributed by atoms with van der Waals surface area (Å²) >= 11 is 1.22. The molecule has 6 nitrogen and oxygen atoms in total. The number of rotatable bonds is 3. The van der Waals surface area contributed by atoms with Gasteiger partial charge in [-0.15, -0.1) is 6.42 Å². The molecule has 0 N–H and O–H groups in total. The van der Waals surface area contributed by atoms with Crippen molar-refractivity contribution in [2.24, 2.45) is 4.99 Å². The standard InChI is InChI=1S/C21H17N3O3S/c1-2-11-23-18-10-9-17(24(26)27)13-19(18)28-21(23)22-20(25)16-8-7-14-5-3-4-6-15(14)12-16/h1,7-10,12-13H,3-6,11H2. The highest BCUT2D eigenvalue weighted by Crippen LogP contribution is 2.24. The number of fused-ring (bicyclic) bond motifs is 2. The number of nitro groups is 1. The number of non-ortho nitro benzene ring substituents is 1. The van der Waals surface area contributed by atoms with Gasteiger partial charge in [0.15, 0.2) is 4.80 Å². The van der Waals surface area contributed by atoms with Crippen LogP contribution in [-0.2, 0) is 19.4 Å². The third-order valence-corrected chi connectivity index (χ3v) is 5.96. The van der Waals surface area contributed by atoms with E-state index in [1.807, 2.05) is 18.2 Å². The number of carbonyl (C=O) groups is 1. The molecule has 2 aromatic carbocycles. The Morgan fingerprint density at radius 1 is 1.21 bits per heavy atom. The van der Waals surface area contributed by atoms with Gasteiger partial charge in [-0.3, -0.25) is 14.9 Å². The Bertz CT molecular complexity index is 1210. The van der Waals surface area contributed by atoms with Crippen molar-refractivity contribution < 1.29 is 9.72 Å². The van der Waals surface area contributed by atoms with Crippen molar-refractivity contribution in [1.29, 1.82) is 0 Å². The maximum absolute atomic E-state index is 12.8. The minimum Gasteiger partial charge on any atom is -0.305 e. The number of hydrogen-bond acceptors (Lipinski definition) is 4. The lowest BCUT2D eigenvalue weighted by Crippen LogP contribution is -2.16. The molecule has 0 radical (unpaired) electrons. The van der Waals surface area contributed by atoms with Gasteiger partial charge >= 0.3 is 0 Å². The minimum absolute atomic E-state index is 0.00540. The van der Waals surface area contributed by atoms with Crippen molar-refractivity contribution >= 4 is 33.1 Å². The number of aromatic nitrogens is 1.